The molecule has 5 heteroatoms. The number of nitrogens with zero attached hydrogens (tertiary/aromatic N) is 2. The maximum atomic E-state index is 11.1. The smallest absolute Gasteiger partial charge is 0.234 e. The summed E-state index contributed by atoms with van der Waals surface area (Å²) in [7, 11) is 0. The van der Waals surface area contributed by atoms with E-state index in [4.69, 9.17) is 4.74 Å². The molecular weight excluding hydrogens is 194 g/mol. The Bertz CT molecular complexity index is 339. The molecule has 0 fully saturated rings. The average Bonchev–Trinajstić information content (AvgIpc) is 2.17. The van der Waals surface area contributed by atoms with Gasteiger partial charge in [0.2, 0.25) is 11.8 Å². The van der Waals surface area contributed by atoms with Crippen molar-refractivity contribution in [2.24, 2.45) is 0 Å². The van der Waals surface area contributed by atoms with Crippen LogP contribution in [-0.4, -0.2) is 22.0 Å². The fourth-order valence-electron chi connectivity index (χ4n) is 0.938. The maximum absolute atomic E-state index is 11.1. The van der Waals surface area contributed by atoms with Gasteiger partial charge in [0, 0.05) is 6.42 Å². The van der Waals surface area contributed by atoms with Gasteiger partial charge in [-0.05, 0) is 13.8 Å². The number of hydrogen-bond acceptors (Lipinski definition) is 4. The first kappa shape index (κ1) is 11.4. The topological polar surface area (TPSA) is 64.1 Å². The van der Waals surface area contributed by atoms with Crippen LogP contribution in [0.25, 0.3) is 0 Å². The molecule has 0 aliphatic carbocycles. The summed E-state index contributed by atoms with van der Waals surface area (Å²) in [5, 5.41) is 2.61. The monoisotopic (exact) mass is 209 g/mol. The highest BCUT2D eigenvalue weighted by atomic mass is 16.5. The van der Waals surface area contributed by atoms with Crippen LogP contribution in [0.3, 0.4) is 0 Å². The van der Waals surface area contributed by atoms with Gasteiger partial charge in [0.25, 0.3) is 0 Å². The average molecular weight is 209 g/mol. The third-order valence-electron chi connectivity index (χ3n) is 1.56. The van der Waals surface area contributed by atoms with Crippen molar-refractivity contribution in [2.45, 2.75) is 33.3 Å². The van der Waals surface area contributed by atoms with Crippen molar-refractivity contribution in [3.8, 4) is 5.88 Å². The highest BCUT2D eigenvalue weighted by Crippen LogP contribution is 2.10. The molecule has 1 N–H and O–H groups in total. The van der Waals surface area contributed by atoms with E-state index in [1.165, 1.54) is 12.4 Å². The van der Waals surface area contributed by atoms with Gasteiger partial charge in [-0.2, -0.15) is 4.98 Å². The van der Waals surface area contributed by atoms with Gasteiger partial charge >= 0.3 is 0 Å². The maximum Gasteiger partial charge on any atom is 0.234 e. The third kappa shape index (κ3) is 3.93. The Morgan fingerprint density at radius 1 is 1.53 bits per heavy atom. The van der Waals surface area contributed by atoms with Gasteiger partial charge in [-0.1, -0.05) is 6.92 Å². The molecule has 1 rings (SSSR count). The van der Waals surface area contributed by atoms with Gasteiger partial charge in [0.05, 0.1) is 18.5 Å². The van der Waals surface area contributed by atoms with E-state index < -0.39 is 0 Å². The summed E-state index contributed by atoms with van der Waals surface area (Å²) < 4.78 is 5.35. The summed E-state index contributed by atoms with van der Waals surface area (Å²) >= 11 is 0. The molecule has 0 saturated heterocycles. The lowest BCUT2D eigenvalue weighted by Gasteiger charge is -2.09. The first-order chi connectivity index (χ1) is 7.11. The number of nitrogens with one attached hydrogen (secondary N) is 1. The number of ether oxygens (including phenoxy) is 1. The van der Waals surface area contributed by atoms with Crippen molar-refractivity contribution in [3.63, 3.8) is 0 Å². The molecule has 82 valence electrons. The summed E-state index contributed by atoms with van der Waals surface area (Å²) in [6.07, 6.45) is 3.45. The normalized spacial score (nSPS) is 10.1. The summed E-state index contributed by atoms with van der Waals surface area (Å²) in [4.78, 5) is 19.1. The molecule has 1 aromatic rings. The predicted molar refractivity (Wildman–Crippen MR) is 56.7 cm³/mol. The highest BCUT2D eigenvalue weighted by molar-refractivity contribution is 5.89. The standard InChI is InChI=1S/C10H15N3O2/c1-4-9(14)12-8-5-11-6-10(13-8)15-7(2)3/h5-7H,4H2,1-3H3,(H,12,13,14). The number of aromatic nitrogens is 2. The molecule has 0 aromatic carbocycles. The molecule has 0 spiro atoms. The number of hydrogen-bond donors (Lipinski definition) is 1. The molecule has 5 nitrogen and oxygen atoms in total. The fourth-order valence-corrected chi connectivity index (χ4v) is 0.938. The number of rotatable bonds is 4. The Hall–Kier alpha value is -1.65. The number of amides is 1. The first-order valence-electron chi connectivity index (χ1n) is 4.90. The predicted octanol–water partition coefficient (Wildman–Crippen LogP) is 1.61. The highest BCUT2D eigenvalue weighted by Gasteiger charge is 2.04. The summed E-state index contributed by atoms with van der Waals surface area (Å²) in [6.45, 7) is 5.58. The van der Waals surface area contributed by atoms with Crippen LogP contribution in [0.2, 0.25) is 0 Å². The zero-order valence-corrected chi connectivity index (χ0v) is 9.15. The van der Waals surface area contributed by atoms with E-state index in [1.807, 2.05) is 13.8 Å². The molecule has 0 bridgehead atoms. The van der Waals surface area contributed by atoms with E-state index >= 15 is 0 Å². The van der Waals surface area contributed by atoms with Gasteiger partial charge in [-0.3, -0.25) is 9.78 Å². The van der Waals surface area contributed by atoms with Crippen LogP contribution in [0.4, 0.5) is 5.82 Å². The molecule has 1 amide bonds. The van der Waals surface area contributed by atoms with Crippen LogP contribution < -0.4 is 10.1 Å². The van der Waals surface area contributed by atoms with E-state index in [0.717, 1.165) is 0 Å². The van der Waals surface area contributed by atoms with E-state index in [2.05, 4.69) is 15.3 Å². The Kier molecular flexibility index (Phi) is 4.03. The zero-order valence-electron chi connectivity index (χ0n) is 9.15. The van der Waals surface area contributed by atoms with Crippen LogP contribution in [0.1, 0.15) is 27.2 Å². The first-order valence-corrected chi connectivity index (χ1v) is 4.90. The zero-order chi connectivity index (χ0) is 11.3. The van der Waals surface area contributed by atoms with Gasteiger partial charge in [0.15, 0.2) is 5.82 Å². The fraction of sp³-hybridized carbons (Fsp3) is 0.500. The van der Waals surface area contributed by atoms with Crippen molar-refractivity contribution < 1.29 is 9.53 Å². The molecule has 0 atom stereocenters. The van der Waals surface area contributed by atoms with E-state index in [-0.39, 0.29) is 12.0 Å². The lowest BCUT2D eigenvalue weighted by atomic mass is 10.4. The SMILES string of the molecule is CCC(=O)Nc1cncc(OC(C)C)n1. The Balaban J connectivity index is 2.69. The van der Waals surface area contributed by atoms with Crippen molar-refractivity contribution >= 4 is 11.7 Å². The summed E-state index contributed by atoms with van der Waals surface area (Å²) in [5.41, 5.74) is 0. The molecule has 1 heterocycles. The van der Waals surface area contributed by atoms with Crippen LogP contribution in [0.15, 0.2) is 12.4 Å². The Morgan fingerprint density at radius 2 is 2.27 bits per heavy atom. The second kappa shape index (κ2) is 5.29. The van der Waals surface area contributed by atoms with Crippen molar-refractivity contribution in [2.75, 3.05) is 5.32 Å². The van der Waals surface area contributed by atoms with Gasteiger partial charge < -0.3 is 10.1 Å². The van der Waals surface area contributed by atoms with E-state index in [9.17, 15) is 4.79 Å². The van der Waals surface area contributed by atoms with Crippen molar-refractivity contribution in [3.05, 3.63) is 12.4 Å². The molecule has 0 radical (unpaired) electrons. The molecular formula is C10H15N3O2. The second-order valence-electron chi connectivity index (χ2n) is 3.31. The molecule has 0 saturated carbocycles. The van der Waals surface area contributed by atoms with Crippen LogP contribution >= 0.6 is 0 Å². The van der Waals surface area contributed by atoms with Gasteiger partial charge in [0.1, 0.15) is 0 Å². The van der Waals surface area contributed by atoms with Crippen molar-refractivity contribution in [1.29, 1.82) is 0 Å². The lowest BCUT2D eigenvalue weighted by Crippen LogP contribution is -2.12. The third-order valence-corrected chi connectivity index (χ3v) is 1.56. The minimum absolute atomic E-state index is 0.0384. The number of carbonyl (C=O) groups is 1. The lowest BCUT2D eigenvalue weighted by molar-refractivity contribution is -0.115. The molecule has 0 unspecified atom stereocenters. The van der Waals surface area contributed by atoms with Crippen molar-refractivity contribution in [1.82, 2.24) is 9.97 Å². The summed E-state index contributed by atoms with van der Waals surface area (Å²) in [6, 6.07) is 0. The van der Waals surface area contributed by atoms with E-state index in [0.29, 0.717) is 18.1 Å². The minimum Gasteiger partial charge on any atom is -0.474 e. The van der Waals surface area contributed by atoms with Crippen LogP contribution in [-0.2, 0) is 4.79 Å². The number of anilines is 1. The van der Waals surface area contributed by atoms with Gasteiger partial charge in [-0.15, -0.1) is 0 Å². The minimum atomic E-state index is -0.0917. The van der Waals surface area contributed by atoms with Crippen LogP contribution in [0.5, 0.6) is 5.88 Å². The molecule has 15 heavy (non-hydrogen) atoms. The quantitative estimate of drug-likeness (QED) is 0.818. The Labute approximate surface area is 88.9 Å². The van der Waals surface area contributed by atoms with Gasteiger partial charge in [-0.25, -0.2) is 0 Å². The molecule has 0 aliphatic rings. The summed E-state index contributed by atoms with van der Waals surface area (Å²) in [5.74, 6) is 0.741. The number of carbonyl (C=O) groups excluding carboxylic acids is 1. The second-order valence-corrected chi connectivity index (χ2v) is 3.31. The Morgan fingerprint density at radius 3 is 2.87 bits per heavy atom. The molecule has 0 aliphatic heterocycles. The van der Waals surface area contributed by atoms with E-state index in [1.54, 1.807) is 6.92 Å². The molecule has 1 aromatic heterocycles. The largest absolute Gasteiger partial charge is 0.474 e. The van der Waals surface area contributed by atoms with Crippen LogP contribution in [0, 0.1) is 0 Å².